The normalized spacial score (nSPS) is 18.6. The summed E-state index contributed by atoms with van der Waals surface area (Å²) < 4.78 is 13.3. The summed E-state index contributed by atoms with van der Waals surface area (Å²) in [6, 6.07) is 6.19. The number of piperidine rings is 1. The largest absolute Gasteiger partial charge is 0.284 e. The molecule has 0 spiro atoms. The van der Waals surface area contributed by atoms with Gasteiger partial charge in [-0.05, 0) is 49.7 Å². The van der Waals surface area contributed by atoms with Gasteiger partial charge >= 0.3 is 0 Å². The van der Waals surface area contributed by atoms with E-state index in [1.807, 2.05) is 0 Å². The number of halogens is 2. The van der Waals surface area contributed by atoms with E-state index in [2.05, 4.69) is 11.0 Å². The average molecular weight is 253 g/mol. The molecule has 1 saturated heterocycles. The third kappa shape index (κ3) is 2.96. The van der Waals surface area contributed by atoms with E-state index in [4.69, 9.17) is 11.6 Å². The number of likely N-dealkylation sites (tertiary alicyclic amines) is 1. The lowest BCUT2D eigenvalue weighted by Gasteiger charge is -2.30. The molecule has 90 valence electrons. The maximum atomic E-state index is 13.3. The van der Waals surface area contributed by atoms with Gasteiger partial charge in [-0.25, -0.2) is 4.39 Å². The highest BCUT2D eigenvalue weighted by Gasteiger charge is 2.22. The predicted molar refractivity (Wildman–Crippen MR) is 65.2 cm³/mol. The van der Waals surface area contributed by atoms with Crippen molar-refractivity contribution in [2.75, 3.05) is 13.1 Å². The maximum Gasteiger partial charge on any atom is 0.125 e. The van der Waals surface area contributed by atoms with E-state index in [9.17, 15) is 9.65 Å². The highest BCUT2D eigenvalue weighted by atomic mass is 35.5. The fourth-order valence-corrected chi connectivity index (χ4v) is 2.51. The second kappa shape index (κ2) is 5.48. The standard InChI is InChI=1S/C13H14ClFN2/c14-11-6-10(7-12(15)8-11)13(9-16)17-4-2-1-3-5-17/h6-8,13H,1-5H2. The van der Waals surface area contributed by atoms with E-state index >= 15 is 0 Å². The second-order valence-corrected chi connectivity index (χ2v) is 4.77. The first-order valence-electron chi connectivity index (χ1n) is 5.80. The fraction of sp³-hybridized carbons (Fsp3) is 0.462. The van der Waals surface area contributed by atoms with Crippen LogP contribution in [0.25, 0.3) is 0 Å². The van der Waals surface area contributed by atoms with E-state index in [1.165, 1.54) is 18.6 Å². The first-order chi connectivity index (χ1) is 8.20. The van der Waals surface area contributed by atoms with Crippen molar-refractivity contribution >= 4 is 11.6 Å². The van der Waals surface area contributed by atoms with Crippen LogP contribution >= 0.6 is 11.6 Å². The van der Waals surface area contributed by atoms with Crippen molar-refractivity contribution in [3.63, 3.8) is 0 Å². The highest BCUT2D eigenvalue weighted by Crippen LogP contribution is 2.26. The number of nitriles is 1. The summed E-state index contributed by atoms with van der Waals surface area (Å²) >= 11 is 5.82. The minimum Gasteiger partial charge on any atom is -0.284 e. The van der Waals surface area contributed by atoms with E-state index in [0.717, 1.165) is 25.9 Å². The maximum absolute atomic E-state index is 13.3. The Kier molecular flexibility index (Phi) is 3.98. The van der Waals surface area contributed by atoms with Gasteiger partial charge in [-0.3, -0.25) is 4.90 Å². The molecular formula is C13H14ClFN2. The van der Waals surface area contributed by atoms with Crippen molar-refractivity contribution in [2.24, 2.45) is 0 Å². The number of hydrogen-bond donors (Lipinski definition) is 0. The fourth-order valence-electron chi connectivity index (χ4n) is 2.28. The van der Waals surface area contributed by atoms with Gasteiger partial charge in [-0.2, -0.15) is 5.26 Å². The third-order valence-corrected chi connectivity index (χ3v) is 3.30. The molecule has 1 aromatic carbocycles. The van der Waals surface area contributed by atoms with Crippen LogP contribution in [0.3, 0.4) is 0 Å². The summed E-state index contributed by atoms with van der Waals surface area (Å²) in [5.41, 5.74) is 0.652. The van der Waals surface area contributed by atoms with Crippen LogP contribution in [0.2, 0.25) is 5.02 Å². The van der Waals surface area contributed by atoms with Crippen molar-refractivity contribution in [1.29, 1.82) is 5.26 Å². The number of nitrogens with zero attached hydrogens (tertiary/aromatic N) is 2. The molecule has 17 heavy (non-hydrogen) atoms. The van der Waals surface area contributed by atoms with Gasteiger partial charge < -0.3 is 0 Å². The van der Waals surface area contributed by atoms with Gasteiger partial charge in [0.15, 0.2) is 0 Å². The summed E-state index contributed by atoms with van der Waals surface area (Å²) in [7, 11) is 0. The van der Waals surface area contributed by atoms with Gasteiger partial charge in [-0.15, -0.1) is 0 Å². The Labute approximate surface area is 106 Å². The smallest absolute Gasteiger partial charge is 0.125 e. The molecule has 0 bridgehead atoms. The molecule has 0 radical (unpaired) electrons. The molecule has 1 aliphatic rings. The van der Waals surface area contributed by atoms with Crippen molar-refractivity contribution in [3.05, 3.63) is 34.6 Å². The molecule has 0 amide bonds. The Morgan fingerprint density at radius 2 is 1.94 bits per heavy atom. The van der Waals surface area contributed by atoms with Crippen molar-refractivity contribution < 1.29 is 4.39 Å². The van der Waals surface area contributed by atoms with Crippen LogP contribution in [0, 0.1) is 17.1 Å². The van der Waals surface area contributed by atoms with Gasteiger partial charge in [0.25, 0.3) is 0 Å². The summed E-state index contributed by atoms with van der Waals surface area (Å²) in [5, 5.41) is 9.60. The summed E-state index contributed by atoms with van der Waals surface area (Å²) in [4.78, 5) is 2.09. The van der Waals surface area contributed by atoms with Crippen molar-refractivity contribution in [1.82, 2.24) is 4.90 Å². The average Bonchev–Trinajstić information content (AvgIpc) is 2.30. The Balaban J connectivity index is 2.25. The molecule has 1 aliphatic heterocycles. The SMILES string of the molecule is N#CC(c1cc(F)cc(Cl)c1)N1CCCCC1. The van der Waals surface area contributed by atoms with Crippen LogP contribution in [-0.4, -0.2) is 18.0 Å². The molecule has 0 aromatic heterocycles. The van der Waals surface area contributed by atoms with Crippen LogP contribution in [0.1, 0.15) is 30.9 Å². The molecule has 1 unspecified atom stereocenters. The topological polar surface area (TPSA) is 27.0 Å². The van der Waals surface area contributed by atoms with Crippen LogP contribution in [0.15, 0.2) is 18.2 Å². The van der Waals surface area contributed by atoms with E-state index < -0.39 is 0 Å². The van der Waals surface area contributed by atoms with Gasteiger partial charge in [-0.1, -0.05) is 18.0 Å². The quantitative estimate of drug-likeness (QED) is 0.805. The first kappa shape index (κ1) is 12.3. The predicted octanol–water partition coefficient (Wildman–Crippen LogP) is 3.53. The molecular weight excluding hydrogens is 239 g/mol. The zero-order valence-corrected chi connectivity index (χ0v) is 10.3. The minimum absolute atomic E-state index is 0.345. The Morgan fingerprint density at radius 1 is 1.24 bits per heavy atom. The van der Waals surface area contributed by atoms with Crippen LogP contribution in [0.5, 0.6) is 0 Å². The lowest BCUT2D eigenvalue weighted by molar-refractivity contribution is 0.196. The molecule has 0 saturated carbocycles. The molecule has 0 aliphatic carbocycles. The van der Waals surface area contributed by atoms with E-state index in [0.29, 0.717) is 10.6 Å². The molecule has 1 heterocycles. The van der Waals surface area contributed by atoms with Gasteiger partial charge in [0.05, 0.1) is 6.07 Å². The summed E-state index contributed by atoms with van der Waals surface area (Å²) in [6.45, 7) is 1.79. The Bertz CT molecular complexity index is 415. The van der Waals surface area contributed by atoms with Crippen LogP contribution in [0.4, 0.5) is 4.39 Å². The zero-order chi connectivity index (χ0) is 12.3. The van der Waals surface area contributed by atoms with Gasteiger partial charge in [0.2, 0.25) is 0 Å². The lowest BCUT2D eigenvalue weighted by atomic mass is 10.0. The summed E-state index contributed by atoms with van der Waals surface area (Å²) in [5.74, 6) is -0.384. The van der Waals surface area contributed by atoms with Crippen molar-refractivity contribution in [3.8, 4) is 6.07 Å². The Morgan fingerprint density at radius 3 is 2.53 bits per heavy atom. The number of rotatable bonds is 2. The lowest BCUT2D eigenvalue weighted by Crippen LogP contribution is -2.33. The van der Waals surface area contributed by atoms with Gasteiger partial charge in [0.1, 0.15) is 11.9 Å². The zero-order valence-electron chi connectivity index (χ0n) is 9.50. The Hall–Kier alpha value is -1.11. The van der Waals surface area contributed by atoms with E-state index in [1.54, 1.807) is 6.07 Å². The van der Waals surface area contributed by atoms with Crippen LogP contribution in [-0.2, 0) is 0 Å². The monoisotopic (exact) mass is 252 g/mol. The molecule has 2 nitrogen and oxygen atoms in total. The molecule has 0 N–H and O–H groups in total. The molecule has 2 rings (SSSR count). The molecule has 1 atom stereocenters. The number of benzene rings is 1. The van der Waals surface area contributed by atoms with E-state index in [-0.39, 0.29) is 11.9 Å². The van der Waals surface area contributed by atoms with Crippen LogP contribution < -0.4 is 0 Å². The first-order valence-corrected chi connectivity index (χ1v) is 6.18. The van der Waals surface area contributed by atoms with Crippen molar-refractivity contribution in [2.45, 2.75) is 25.3 Å². The minimum atomic E-state index is -0.386. The summed E-state index contributed by atoms with van der Waals surface area (Å²) in [6.07, 6.45) is 3.40. The second-order valence-electron chi connectivity index (χ2n) is 4.33. The molecule has 1 aromatic rings. The molecule has 1 fully saturated rings. The number of hydrogen-bond acceptors (Lipinski definition) is 2. The highest BCUT2D eigenvalue weighted by molar-refractivity contribution is 6.30. The molecule has 4 heteroatoms. The van der Waals surface area contributed by atoms with Gasteiger partial charge in [0, 0.05) is 5.02 Å². The third-order valence-electron chi connectivity index (χ3n) is 3.08.